The summed E-state index contributed by atoms with van der Waals surface area (Å²) in [6.07, 6.45) is 5.32. The summed E-state index contributed by atoms with van der Waals surface area (Å²) in [7, 11) is 0. The van der Waals surface area contributed by atoms with Gasteiger partial charge in [-0.3, -0.25) is 4.79 Å². The number of benzene rings is 1. The van der Waals surface area contributed by atoms with Gasteiger partial charge in [-0.25, -0.2) is 8.78 Å². The molecule has 3 nitrogen and oxygen atoms in total. The van der Waals surface area contributed by atoms with Crippen LogP contribution in [-0.4, -0.2) is 12.5 Å². The minimum absolute atomic E-state index is 0.228. The number of carbonyl (C=O) groups excluding carboxylic acids is 1. The lowest BCUT2D eigenvalue weighted by Crippen LogP contribution is -2.25. The van der Waals surface area contributed by atoms with Crippen molar-refractivity contribution in [2.75, 3.05) is 12.3 Å². The Bertz CT molecular complexity index is 452. The van der Waals surface area contributed by atoms with Crippen molar-refractivity contribution < 1.29 is 13.6 Å². The molecule has 0 bridgehead atoms. The van der Waals surface area contributed by atoms with Gasteiger partial charge in [0.05, 0.1) is 11.3 Å². The molecule has 0 atom stereocenters. The first kappa shape index (κ1) is 12.0. The first-order valence-corrected chi connectivity index (χ1v) is 4.52. The Hall–Kier alpha value is -2.09. The molecule has 0 spiro atoms. The second-order valence-corrected chi connectivity index (χ2v) is 3.06. The SMILES string of the molecule is C#CCCNC(=O)c1cc(N)c(F)cc1F. The fourth-order valence-electron chi connectivity index (χ4n) is 1.08. The van der Waals surface area contributed by atoms with E-state index in [0.717, 1.165) is 6.07 Å². The quantitative estimate of drug-likeness (QED) is 0.462. The lowest BCUT2D eigenvalue weighted by atomic mass is 10.1. The lowest BCUT2D eigenvalue weighted by molar-refractivity contribution is 0.0950. The molecule has 1 amide bonds. The molecular weight excluding hydrogens is 214 g/mol. The van der Waals surface area contributed by atoms with Gasteiger partial charge < -0.3 is 11.1 Å². The standard InChI is InChI=1S/C11H10F2N2O/c1-2-3-4-15-11(16)7-5-10(14)9(13)6-8(7)12/h1,5-6H,3-4,14H2,(H,15,16). The molecule has 1 aromatic rings. The second kappa shape index (κ2) is 5.12. The highest BCUT2D eigenvalue weighted by atomic mass is 19.1. The van der Waals surface area contributed by atoms with E-state index >= 15 is 0 Å². The van der Waals surface area contributed by atoms with Crippen LogP contribution in [-0.2, 0) is 0 Å². The number of amides is 1. The zero-order valence-electron chi connectivity index (χ0n) is 8.39. The molecule has 0 aliphatic rings. The van der Waals surface area contributed by atoms with Crippen LogP contribution in [0.5, 0.6) is 0 Å². The van der Waals surface area contributed by atoms with E-state index in [1.165, 1.54) is 0 Å². The van der Waals surface area contributed by atoms with E-state index in [0.29, 0.717) is 12.5 Å². The van der Waals surface area contributed by atoms with E-state index in [9.17, 15) is 13.6 Å². The molecule has 0 radical (unpaired) electrons. The lowest BCUT2D eigenvalue weighted by Gasteiger charge is -2.06. The molecule has 0 saturated heterocycles. The van der Waals surface area contributed by atoms with Crippen molar-refractivity contribution in [3.05, 3.63) is 29.3 Å². The Balaban J connectivity index is 2.84. The smallest absolute Gasteiger partial charge is 0.254 e. The van der Waals surface area contributed by atoms with Gasteiger partial charge in [-0.1, -0.05) is 0 Å². The Morgan fingerprint density at radius 2 is 2.12 bits per heavy atom. The summed E-state index contributed by atoms with van der Waals surface area (Å²) in [6, 6.07) is 1.53. The molecule has 16 heavy (non-hydrogen) atoms. The summed E-state index contributed by atoms with van der Waals surface area (Å²) in [5.41, 5.74) is 4.66. The van der Waals surface area contributed by atoms with Gasteiger partial charge in [0, 0.05) is 19.0 Å². The highest BCUT2D eigenvalue weighted by molar-refractivity contribution is 5.95. The molecule has 5 heteroatoms. The van der Waals surface area contributed by atoms with E-state index in [1.807, 2.05) is 0 Å². The molecule has 1 rings (SSSR count). The number of nitrogens with one attached hydrogen (secondary N) is 1. The number of anilines is 1. The summed E-state index contributed by atoms with van der Waals surface area (Å²) in [6.45, 7) is 0.228. The summed E-state index contributed by atoms with van der Waals surface area (Å²) < 4.78 is 26.0. The molecule has 0 heterocycles. The first-order chi connectivity index (χ1) is 7.56. The molecule has 3 N–H and O–H groups in total. The summed E-state index contributed by atoms with van der Waals surface area (Å²) >= 11 is 0. The second-order valence-electron chi connectivity index (χ2n) is 3.06. The van der Waals surface area contributed by atoms with Crippen molar-refractivity contribution in [1.82, 2.24) is 5.32 Å². The number of nitrogen functional groups attached to an aromatic ring is 1. The van der Waals surface area contributed by atoms with Crippen molar-refractivity contribution >= 4 is 11.6 Å². The fourth-order valence-corrected chi connectivity index (χ4v) is 1.08. The minimum Gasteiger partial charge on any atom is -0.396 e. The molecular formula is C11H10F2N2O. The number of hydrogen-bond acceptors (Lipinski definition) is 2. The van der Waals surface area contributed by atoms with Crippen LogP contribution in [0.3, 0.4) is 0 Å². The Morgan fingerprint density at radius 1 is 1.44 bits per heavy atom. The molecule has 0 unspecified atom stereocenters. The molecule has 1 aromatic carbocycles. The molecule has 84 valence electrons. The third kappa shape index (κ3) is 2.70. The normalized spacial score (nSPS) is 9.56. The van der Waals surface area contributed by atoms with E-state index < -0.39 is 17.5 Å². The number of nitrogens with two attached hydrogens (primary N) is 1. The van der Waals surface area contributed by atoms with Crippen molar-refractivity contribution in [3.63, 3.8) is 0 Å². The van der Waals surface area contributed by atoms with Crippen molar-refractivity contribution in [2.24, 2.45) is 0 Å². The van der Waals surface area contributed by atoms with Crippen LogP contribution < -0.4 is 11.1 Å². The number of hydrogen-bond donors (Lipinski definition) is 2. The van der Waals surface area contributed by atoms with Crippen LogP contribution in [0.15, 0.2) is 12.1 Å². The largest absolute Gasteiger partial charge is 0.396 e. The molecule has 0 aromatic heterocycles. The van der Waals surface area contributed by atoms with Gasteiger partial charge in [0.25, 0.3) is 5.91 Å². The summed E-state index contributed by atoms with van der Waals surface area (Å²) in [5.74, 6) is -0.196. The van der Waals surface area contributed by atoms with E-state index in [2.05, 4.69) is 11.2 Å². The Kier molecular flexibility index (Phi) is 3.84. The average Bonchev–Trinajstić information content (AvgIpc) is 2.23. The van der Waals surface area contributed by atoms with Gasteiger partial charge in [-0.15, -0.1) is 12.3 Å². The van der Waals surface area contributed by atoms with E-state index in [1.54, 1.807) is 0 Å². The molecule has 0 saturated carbocycles. The zero-order valence-corrected chi connectivity index (χ0v) is 8.39. The predicted octanol–water partition coefficient (Wildman–Crippen LogP) is 1.30. The number of terminal acetylenes is 1. The van der Waals surface area contributed by atoms with Crippen LogP contribution in [0.25, 0.3) is 0 Å². The Morgan fingerprint density at radius 3 is 2.75 bits per heavy atom. The predicted molar refractivity (Wildman–Crippen MR) is 56.6 cm³/mol. The van der Waals surface area contributed by atoms with Crippen LogP contribution in [0, 0.1) is 24.0 Å². The third-order valence-electron chi connectivity index (χ3n) is 1.89. The first-order valence-electron chi connectivity index (χ1n) is 4.52. The van der Waals surface area contributed by atoms with Gasteiger partial charge in [0.15, 0.2) is 0 Å². The van der Waals surface area contributed by atoms with Crippen LogP contribution in [0.2, 0.25) is 0 Å². The molecule has 0 aliphatic heterocycles. The topological polar surface area (TPSA) is 55.1 Å². The Labute approximate surface area is 91.6 Å². The maximum atomic E-state index is 13.2. The highest BCUT2D eigenvalue weighted by Gasteiger charge is 2.14. The van der Waals surface area contributed by atoms with Crippen LogP contribution in [0.4, 0.5) is 14.5 Å². The number of carbonyl (C=O) groups is 1. The molecule has 0 fully saturated rings. The van der Waals surface area contributed by atoms with Gasteiger partial charge in [-0.2, -0.15) is 0 Å². The number of halogens is 2. The van der Waals surface area contributed by atoms with Crippen LogP contribution >= 0.6 is 0 Å². The van der Waals surface area contributed by atoms with Gasteiger partial charge >= 0.3 is 0 Å². The van der Waals surface area contributed by atoms with Crippen molar-refractivity contribution in [3.8, 4) is 12.3 Å². The minimum atomic E-state index is -0.954. The maximum absolute atomic E-state index is 13.2. The van der Waals surface area contributed by atoms with Crippen LogP contribution in [0.1, 0.15) is 16.8 Å². The van der Waals surface area contributed by atoms with E-state index in [4.69, 9.17) is 12.2 Å². The zero-order chi connectivity index (χ0) is 12.1. The highest BCUT2D eigenvalue weighted by Crippen LogP contribution is 2.16. The number of rotatable bonds is 3. The monoisotopic (exact) mass is 224 g/mol. The third-order valence-corrected chi connectivity index (χ3v) is 1.89. The fraction of sp³-hybridized carbons (Fsp3) is 0.182. The summed E-state index contributed by atoms with van der Waals surface area (Å²) in [4.78, 5) is 11.4. The van der Waals surface area contributed by atoms with Crippen molar-refractivity contribution in [1.29, 1.82) is 0 Å². The van der Waals surface area contributed by atoms with Gasteiger partial charge in [-0.05, 0) is 6.07 Å². The van der Waals surface area contributed by atoms with E-state index in [-0.39, 0.29) is 17.8 Å². The maximum Gasteiger partial charge on any atom is 0.254 e. The summed E-state index contributed by atoms with van der Waals surface area (Å²) in [5, 5.41) is 2.39. The van der Waals surface area contributed by atoms with Gasteiger partial charge in [0.2, 0.25) is 0 Å². The molecule has 0 aliphatic carbocycles. The average molecular weight is 224 g/mol. The van der Waals surface area contributed by atoms with Gasteiger partial charge in [0.1, 0.15) is 11.6 Å². The van der Waals surface area contributed by atoms with Crippen molar-refractivity contribution in [2.45, 2.75) is 6.42 Å².